The van der Waals surface area contributed by atoms with E-state index >= 15 is 0 Å². The number of piperazine rings is 1. The number of imidazole rings is 1. The Morgan fingerprint density at radius 3 is 2.44 bits per heavy atom. The molecule has 10 heteroatoms. The van der Waals surface area contributed by atoms with Crippen LogP contribution in [0.15, 0.2) is 48.9 Å². The van der Waals surface area contributed by atoms with Crippen LogP contribution in [0.1, 0.15) is 37.3 Å². The SMILES string of the molecule is Cc1c(F)ccc2[nH]c(Nc3ccc(-c4cn(C5CCC(N6CCN(C)CC6)CC5)c5ncnc(N)c45)cc3)nc12. The van der Waals surface area contributed by atoms with Crippen molar-refractivity contribution in [1.82, 2.24) is 34.3 Å². The molecular formula is C31H36FN9. The molecule has 2 aromatic carbocycles. The number of nitrogen functional groups attached to an aromatic ring is 1. The summed E-state index contributed by atoms with van der Waals surface area (Å²) in [4.78, 5) is 21.9. The van der Waals surface area contributed by atoms with E-state index in [2.05, 4.69) is 60.0 Å². The summed E-state index contributed by atoms with van der Waals surface area (Å²) in [7, 11) is 2.21. The number of aromatic nitrogens is 5. The first-order valence-corrected chi connectivity index (χ1v) is 14.5. The summed E-state index contributed by atoms with van der Waals surface area (Å²) >= 11 is 0. The molecule has 9 nitrogen and oxygen atoms in total. The molecule has 0 unspecified atom stereocenters. The number of halogens is 1. The maximum Gasteiger partial charge on any atom is 0.205 e. The van der Waals surface area contributed by atoms with Crippen molar-refractivity contribution in [2.75, 3.05) is 44.3 Å². The van der Waals surface area contributed by atoms with E-state index in [9.17, 15) is 4.39 Å². The Balaban J connectivity index is 1.12. The van der Waals surface area contributed by atoms with Gasteiger partial charge >= 0.3 is 0 Å². The van der Waals surface area contributed by atoms with Crippen molar-refractivity contribution in [3.8, 4) is 11.1 Å². The first-order chi connectivity index (χ1) is 19.9. The van der Waals surface area contributed by atoms with Gasteiger partial charge in [0.05, 0.1) is 16.4 Å². The molecule has 0 amide bonds. The van der Waals surface area contributed by atoms with Crippen LogP contribution in [0.3, 0.4) is 0 Å². The molecule has 1 saturated heterocycles. The fourth-order valence-corrected chi connectivity index (χ4v) is 6.61. The summed E-state index contributed by atoms with van der Waals surface area (Å²) in [5, 5.41) is 4.21. The molecule has 41 heavy (non-hydrogen) atoms. The Labute approximate surface area is 238 Å². The maximum absolute atomic E-state index is 14.0. The minimum absolute atomic E-state index is 0.259. The Morgan fingerprint density at radius 1 is 0.951 bits per heavy atom. The number of rotatable bonds is 5. The van der Waals surface area contributed by atoms with Crippen molar-refractivity contribution < 1.29 is 4.39 Å². The molecule has 0 spiro atoms. The van der Waals surface area contributed by atoms with Gasteiger partial charge in [0.15, 0.2) is 0 Å². The average Bonchev–Trinajstić information content (AvgIpc) is 3.59. The standard InChI is InChI=1S/C31H36FN9/c1-19-25(32)11-12-26-28(19)38-31(37-26)36-21-5-3-20(4-6-21)24-17-41(30-27(24)29(33)34-18-35-30)23-9-7-22(8-10-23)40-15-13-39(2)14-16-40/h3-6,11-12,17-18,22-23H,7-10,13-16H2,1-2H3,(H2,33,34,35)(H2,36,37,38). The first kappa shape index (κ1) is 25.9. The largest absolute Gasteiger partial charge is 0.383 e. The highest BCUT2D eigenvalue weighted by atomic mass is 19.1. The van der Waals surface area contributed by atoms with Gasteiger partial charge in [-0.15, -0.1) is 0 Å². The number of nitrogens with one attached hydrogen (secondary N) is 2. The molecule has 1 aliphatic heterocycles. The molecule has 2 fully saturated rings. The lowest BCUT2D eigenvalue weighted by Gasteiger charge is -2.41. The molecule has 0 atom stereocenters. The summed E-state index contributed by atoms with van der Waals surface area (Å²) in [5.41, 5.74) is 12.3. The summed E-state index contributed by atoms with van der Waals surface area (Å²) < 4.78 is 16.3. The molecule has 0 radical (unpaired) electrons. The summed E-state index contributed by atoms with van der Waals surface area (Å²) in [6.07, 6.45) is 8.47. The third-order valence-corrected chi connectivity index (χ3v) is 9.05. The van der Waals surface area contributed by atoms with Gasteiger partial charge in [-0.1, -0.05) is 12.1 Å². The minimum atomic E-state index is -0.259. The second kappa shape index (κ2) is 10.4. The van der Waals surface area contributed by atoms with Crippen molar-refractivity contribution in [1.29, 1.82) is 0 Å². The lowest BCUT2D eigenvalue weighted by Crippen LogP contribution is -2.49. The molecule has 7 rings (SSSR count). The zero-order chi connectivity index (χ0) is 28.1. The van der Waals surface area contributed by atoms with Crippen molar-refractivity contribution in [3.05, 3.63) is 60.3 Å². The second-order valence-corrected chi connectivity index (χ2v) is 11.6. The maximum atomic E-state index is 14.0. The van der Waals surface area contributed by atoms with Crippen LogP contribution >= 0.6 is 0 Å². The zero-order valence-corrected chi connectivity index (χ0v) is 23.6. The van der Waals surface area contributed by atoms with Crippen LogP contribution in [0.2, 0.25) is 0 Å². The molecule has 4 N–H and O–H groups in total. The van der Waals surface area contributed by atoms with Crippen LogP contribution in [0.4, 0.5) is 21.8 Å². The highest BCUT2D eigenvalue weighted by Crippen LogP contribution is 2.39. The van der Waals surface area contributed by atoms with Gasteiger partial charge in [0.25, 0.3) is 0 Å². The monoisotopic (exact) mass is 553 g/mol. The third-order valence-electron chi connectivity index (χ3n) is 9.05. The molecule has 5 aromatic rings. The molecule has 3 aromatic heterocycles. The average molecular weight is 554 g/mol. The fourth-order valence-electron chi connectivity index (χ4n) is 6.61. The number of benzene rings is 2. The van der Waals surface area contributed by atoms with Crippen LogP contribution < -0.4 is 11.1 Å². The molecule has 0 bridgehead atoms. The summed E-state index contributed by atoms with van der Waals surface area (Å²) in [6.45, 7) is 6.40. The number of anilines is 3. The predicted octanol–water partition coefficient (Wildman–Crippen LogP) is 5.48. The molecular weight excluding hydrogens is 517 g/mol. The number of aryl methyl sites for hydroxylation is 1. The lowest BCUT2D eigenvalue weighted by atomic mass is 9.89. The second-order valence-electron chi connectivity index (χ2n) is 11.6. The molecule has 212 valence electrons. The Morgan fingerprint density at radius 2 is 1.68 bits per heavy atom. The fraction of sp³-hybridized carbons (Fsp3) is 0.387. The van der Waals surface area contributed by atoms with Gasteiger partial charge in [-0.3, -0.25) is 4.90 Å². The van der Waals surface area contributed by atoms with E-state index in [-0.39, 0.29) is 5.82 Å². The van der Waals surface area contributed by atoms with Gasteiger partial charge in [0.2, 0.25) is 5.95 Å². The van der Waals surface area contributed by atoms with Crippen LogP contribution in [0.25, 0.3) is 33.2 Å². The van der Waals surface area contributed by atoms with Crippen LogP contribution in [0.5, 0.6) is 0 Å². The van der Waals surface area contributed by atoms with E-state index in [1.807, 2.05) is 12.1 Å². The third kappa shape index (κ3) is 4.81. The highest BCUT2D eigenvalue weighted by molar-refractivity contribution is 6.00. The van der Waals surface area contributed by atoms with Gasteiger partial charge in [0.1, 0.15) is 23.6 Å². The van der Waals surface area contributed by atoms with Crippen LogP contribution in [0, 0.1) is 12.7 Å². The van der Waals surface area contributed by atoms with Crippen molar-refractivity contribution >= 4 is 39.5 Å². The Hall–Kier alpha value is -4.02. The van der Waals surface area contributed by atoms with E-state index in [1.165, 1.54) is 32.0 Å². The number of nitrogens with two attached hydrogens (primary N) is 1. The summed E-state index contributed by atoms with van der Waals surface area (Å²) in [6, 6.07) is 12.4. The van der Waals surface area contributed by atoms with Crippen LogP contribution in [-0.2, 0) is 0 Å². The van der Waals surface area contributed by atoms with Gasteiger partial charge in [-0.2, -0.15) is 0 Å². The number of hydrogen-bond donors (Lipinski definition) is 3. The van der Waals surface area contributed by atoms with Gasteiger partial charge in [-0.25, -0.2) is 19.3 Å². The number of hydrogen-bond acceptors (Lipinski definition) is 7. The number of likely N-dealkylation sites (N-methyl/N-ethyl adjacent to an activating group) is 1. The molecule has 4 heterocycles. The van der Waals surface area contributed by atoms with E-state index in [0.717, 1.165) is 59.3 Å². The lowest BCUT2D eigenvalue weighted by molar-refractivity contribution is 0.0828. The van der Waals surface area contributed by atoms with Gasteiger partial charge < -0.3 is 25.5 Å². The number of nitrogens with zero attached hydrogens (tertiary/aromatic N) is 6. The molecule has 1 saturated carbocycles. The minimum Gasteiger partial charge on any atom is -0.383 e. The Bertz CT molecular complexity index is 1690. The van der Waals surface area contributed by atoms with E-state index in [4.69, 9.17) is 10.7 Å². The highest BCUT2D eigenvalue weighted by Gasteiger charge is 2.30. The summed E-state index contributed by atoms with van der Waals surface area (Å²) in [5.74, 6) is 0.815. The van der Waals surface area contributed by atoms with Crippen molar-refractivity contribution in [3.63, 3.8) is 0 Å². The smallest absolute Gasteiger partial charge is 0.205 e. The first-order valence-electron chi connectivity index (χ1n) is 14.5. The normalized spacial score (nSPS) is 20.7. The van der Waals surface area contributed by atoms with Gasteiger partial charge in [-0.05, 0) is 69.5 Å². The zero-order valence-electron chi connectivity index (χ0n) is 23.6. The van der Waals surface area contributed by atoms with E-state index < -0.39 is 0 Å². The number of aromatic amines is 1. The topological polar surface area (TPSA) is 104 Å². The molecule has 2 aliphatic rings. The van der Waals surface area contributed by atoms with E-state index in [1.54, 1.807) is 19.3 Å². The van der Waals surface area contributed by atoms with Crippen molar-refractivity contribution in [2.24, 2.45) is 0 Å². The number of fused-ring (bicyclic) bond motifs is 2. The predicted molar refractivity (Wildman–Crippen MR) is 162 cm³/mol. The van der Waals surface area contributed by atoms with Crippen LogP contribution in [-0.4, -0.2) is 73.6 Å². The Kier molecular flexibility index (Phi) is 6.59. The molecule has 1 aliphatic carbocycles. The van der Waals surface area contributed by atoms with Gasteiger partial charge in [0, 0.05) is 61.3 Å². The van der Waals surface area contributed by atoms with Crippen molar-refractivity contribution in [2.45, 2.75) is 44.7 Å². The quantitative estimate of drug-likeness (QED) is 0.265. The number of H-pyrrole nitrogens is 1. The van der Waals surface area contributed by atoms with E-state index in [0.29, 0.717) is 34.9 Å².